The van der Waals surface area contributed by atoms with E-state index in [2.05, 4.69) is 10.1 Å². The van der Waals surface area contributed by atoms with Gasteiger partial charge in [0, 0.05) is 18.0 Å². The number of para-hydroxylation sites is 1. The van der Waals surface area contributed by atoms with Gasteiger partial charge in [-0.25, -0.2) is 0 Å². The molecule has 1 aliphatic heterocycles. The summed E-state index contributed by atoms with van der Waals surface area (Å²) in [6.07, 6.45) is 3.40. The van der Waals surface area contributed by atoms with Crippen LogP contribution in [-0.2, 0) is 11.3 Å². The average molecular weight is 329 g/mol. The van der Waals surface area contributed by atoms with Crippen LogP contribution in [0.4, 0.5) is 0 Å². The van der Waals surface area contributed by atoms with Gasteiger partial charge in [-0.15, -0.1) is 0 Å². The predicted molar refractivity (Wildman–Crippen MR) is 83.6 cm³/mol. The molecule has 126 valence electrons. The van der Waals surface area contributed by atoms with Crippen molar-refractivity contribution < 1.29 is 19.2 Å². The number of rotatable bonds is 4. The Morgan fingerprint density at radius 3 is 2.92 bits per heavy atom. The molecule has 1 saturated carbocycles. The quantitative estimate of drug-likeness (QED) is 0.921. The molecule has 24 heavy (non-hydrogen) atoms. The first-order chi connectivity index (χ1) is 11.7. The molecule has 7 nitrogen and oxygen atoms in total. The van der Waals surface area contributed by atoms with E-state index >= 15 is 0 Å². The van der Waals surface area contributed by atoms with Crippen LogP contribution in [0, 0.1) is 0 Å². The summed E-state index contributed by atoms with van der Waals surface area (Å²) in [4.78, 5) is 18.1. The lowest BCUT2D eigenvalue weighted by Crippen LogP contribution is -2.34. The maximum absolute atomic E-state index is 11.9. The van der Waals surface area contributed by atoms with Crippen molar-refractivity contribution in [1.29, 1.82) is 0 Å². The molecule has 1 aromatic heterocycles. The molecule has 2 heterocycles. The van der Waals surface area contributed by atoms with E-state index in [9.17, 15) is 9.90 Å². The van der Waals surface area contributed by atoms with Crippen molar-refractivity contribution >= 4 is 5.97 Å². The number of hydrogen-bond donors (Lipinski definition) is 1. The van der Waals surface area contributed by atoms with Gasteiger partial charge in [-0.05, 0) is 18.9 Å². The van der Waals surface area contributed by atoms with Crippen molar-refractivity contribution in [2.75, 3.05) is 13.2 Å². The smallest absolute Gasteiger partial charge is 0.325 e. The summed E-state index contributed by atoms with van der Waals surface area (Å²) in [6.45, 7) is 1.20. The molecule has 2 aromatic rings. The molecular weight excluding hydrogens is 310 g/mol. The Bertz CT molecular complexity index is 741. The minimum absolute atomic E-state index is 0.300. The third kappa shape index (κ3) is 2.75. The van der Waals surface area contributed by atoms with E-state index in [1.165, 1.54) is 6.42 Å². The van der Waals surface area contributed by atoms with E-state index in [0.717, 1.165) is 18.7 Å². The highest BCUT2D eigenvalue weighted by atomic mass is 16.5. The summed E-state index contributed by atoms with van der Waals surface area (Å²) < 4.78 is 11.0. The molecule has 1 N–H and O–H groups in total. The minimum atomic E-state index is -0.910. The van der Waals surface area contributed by atoms with Gasteiger partial charge in [0.2, 0.25) is 5.89 Å². The Balaban J connectivity index is 1.58. The van der Waals surface area contributed by atoms with Crippen LogP contribution in [0.2, 0.25) is 0 Å². The van der Waals surface area contributed by atoms with Crippen molar-refractivity contribution in [3.63, 3.8) is 0 Å². The lowest BCUT2D eigenvalue weighted by Gasteiger charge is -2.25. The highest BCUT2D eigenvalue weighted by Gasteiger charge is 2.33. The SMILES string of the molecule is O=C(O)C1c2ccccc2OCCN1Cc1nc(C2CCC2)no1. The average Bonchev–Trinajstić information content (AvgIpc) is 2.86. The summed E-state index contributed by atoms with van der Waals surface area (Å²) in [6, 6.07) is 6.47. The molecule has 1 unspecified atom stereocenters. The maximum atomic E-state index is 11.9. The van der Waals surface area contributed by atoms with Crippen molar-refractivity contribution in [3.8, 4) is 5.75 Å². The van der Waals surface area contributed by atoms with E-state index < -0.39 is 12.0 Å². The number of carboxylic acids is 1. The highest BCUT2D eigenvalue weighted by Crippen LogP contribution is 2.35. The molecule has 0 spiro atoms. The van der Waals surface area contributed by atoms with Crippen LogP contribution in [0.15, 0.2) is 28.8 Å². The van der Waals surface area contributed by atoms with Crippen LogP contribution in [-0.4, -0.2) is 39.3 Å². The van der Waals surface area contributed by atoms with Crippen LogP contribution >= 0.6 is 0 Å². The molecule has 4 rings (SSSR count). The van der Waals surface area contributed by atoms with Crippen molar-refractivity contribution in [1.82, 2.24) is 15.0 Å². The summed E-state index contributed by atoms with van der Waals surface area (Å²) in [5.74, 6) is 1.31. The van der Waals surface area contributed by atoms with E-state index in [0.29, 0.717) is 42.8 Å². The second-order valence-electron chi connectivity index (χ2n) is 6.27. The largest absolute Gasteiger partial charge is 0.492 e. The number of carboxylic acid groups (broad SMARTS) is 1. The fraction of sp³-hybridized carbons (Fsp3) is 0.471. The molecule has 1 fully saturated rings. The van der Waals surface area contributed by atoms with Gasteiger partial charge in [0.15, 0.2) is 5.82 Å². The minimum Gasteiger partial charge on any atom is -0.492 e. The number of nitrogens with zero attached hydrogens (tertiary/aromatic N) is 3. The molecular formula is C17H19N3O4. The van der Waals surface area contributed by atoms with Crippen LogP contribution < -0.4 is 4.74 Å². The van der Waals surface area contributed by atoms with Crippen LogP contribution in [0.1, 0.15) is 48.5 Å². The summed E-state index contributed by atoms with van der Waals surface area (Å²) in [5.41, 5.74) is 0.654. The number of aliphatic carboxylic acids is 1. The number of hydrogen-bond acceptors (Lipinski definition) is 6. The van der Waals surface area contributed by atoms with Gasteiger partial charge >= 0.3 is 5.97 Å². The van der Waals surface area contributed by atoms with Gasteiger partial charge in [0.05, 0.1) is 6.54 Å². The molecule has 2 aliphatic rings. The molecule has 1 atom stereocenters. The molecule has 7 heteroatoms. The molecule has 1 aromatic carbocycles. The van der Waals surface area contributed by atoms with Gasteiger partial charge in [-0.1, -0.05) is 29.8 Å². The Kier molecular flexibility index (Phi) is 3.93. The molecule has 0 amide bonds. The normalized spacial score (nSPS) is 21.4. The Hall–Kier alpha value is -2.41. The molecule has 1 aliphatic carbocycles. The zero-order valence-corrected chi connectivity index (χ0v) is 13.2. The first-order valence-electron chi connectivity index (χ1n) is 8.23. The van der Waals surface area contributed by atoms with Gasteiger partial charge in [0.25, 0.3) is 0 Å². The number of ether oxygens (including phenoxy) is 1. The zero-order valence-electron chi connectivity index (χ0n) is 13.2. The predicted octanol–water partition coefficient (Wildman–Crippen LogP) is 2.36. The summed E-state index contributed by atoms with van der Waals surface area (Å²) in [5, 5.41) is 13.8. The topological polar surface area (TPSA) is 88.7 Å². The molecule has 0 bridgehead atoms. The first-order valence-corrected chi connectivity index (χ1v) is 8.23. The second kappa shape index (κ2) is 6.24. The van der Waals surface area contributed by atoms with Crippen molar-refractivity contribution in [2.45, 2.75) is 37.8 Å². The van der Waals surface area contributed by atoms with E-state index in [1.54, 1.807) is 12.1 Å². The first kappa shape index (κ1) is 15.1. The zero-order chi connectivity index (χ0) is 16.5. The van der Waals surface area contributed by atoms with Crippen molar-refractivity contribution in [3.05, 3.63) is 41.5 Å². The molecule has 0 saturated heterocycles. The molecule has 0 radical (unpaired) electrons. The van der Waals surface area contributed by atoms with Gasteiger partial charge in [-0.3, -0.25) is 9.69 Å². The van der Waals surface area contributed by atoms with E-state index in [-0.39, 0.29) is 0 Å². The van der Waals surface area contributed by atoms with Gasteiger partial charge in [0.1, 0.15) is 18.4 Å². The maximum Gasteiger partial charge on any atom is 0.325 e. The van der Waals surface area contributed by atoms with Gasteiger partial charge < -0.3 is 14.4 Å². The second-order valence-corrected chi connectivity index (χ2v) is 6.27. The van der Waals surface area contributed by atoms with Crippen LogP contribution in [0.3, 0.4) is 0 Å². The fourth-order valence-electron chi connectivity index (χ4n) is 3.23. The van der Waals surface area contributed by atoms with Crippen molar-refractivity contribution in [2.24, 2.45) is 0 Å². The number of fused-ring (bicyclic) bond motifs is 1. The van der Waals surface area contributed by atoms with Gasteiger partial charge in [-0.2, -0.15) is 4.98 Å². The third-order valence-electron chi connectivity index (χ3n) is 4.74. The highest BCUT2D eigenvalue weighted by molar-refractivity contribution is 5.76. The number of benzene rings is 1. The van der Waals surface area contributed by atoms with Crippen LogP contribution in [0.5, 0.6) is 5.75 Å². The Labute approximate surface area is 139 Å². The Morgan fingerprint density at radius 1 is 1.33 bits per heavy atom. The summed E-state index contributed by atoms with van der Waals surface area (Å²) in [7, 11) is 0. The lowest BCUT2D eigenvalue weighted by molar-refractivity contribution is -0.143. The van der Waals surface area contributed by atoms with E-state index in [4.69, 9.17) is 9.26 Å². The monoisotopic (exact) mass is 329 g/mol. The third-order valence-corrected chi connectivity index (χ3v) is 4.74. The number of carbonyl (C=O) groups is 1. The lowest BCUT2D eigenvalue weighted by atomic mass is 9.85. The standard InChI is InChI=1S/C17H19N3O4/c21-17(22)15-12-6-1-2-7-13(12)23-9-8-20(15)10-14-18-16(19-24-14)11-4-3-5-11/h1-2,6-7,11,15H,3-5,8-10H2,(H,21,22). The summed E-state index contributed by atoms with van der Waals surface area (Å²) >= 11 is 0. The number of aromatic nitrogens is 2. The van der Waals surface area contributed by atoms with E-state index in [1.807, 2.05) is 17.0 Å². The fourth-order valence-corrected chi connectivity index (χ4v) is 3.23. The Morgan fingerprint density at radius 2 is 2.17 bits per heavy atom. The van der Waals surface area contributed by atoms with Crippen LogP contribution in [0.25, 0.3) is 0 Å².